The molecule has 1 aliphatic rings. The SMILES string of the molecule is C=Cc1cc(C(=O)O)cnc1N1CCN(C(=O)OC(C)(C)C)CC1. The number of carboxylic acids is 1. The van der Waals surface area contributed by atoms with Gasteiger partial charge in [-0.3, -0.25) is 0 Å². The molecule has 1 aliphatic heterocycles. The summed E-state index contributed by atoms with van der Waals surface area (Å²) in [4.78, 5) is 31.1. The minimum atomic E-state index is -1.02. The Kier molecular flexibility index (Phi) is 5.11. The summed E-state index contributed by atoms with van der Waals surface area (Å²) in [5.74, 6) is -0.342. The maximum absolute atomic E-state index is 12.1. The van der Waals surface area contributed by atoms with Gasteiger partial charge >= 0.3 is 12.1 Å². The minimum absolute atomic E-state index is 0.126. The van der Waals surface area contributed by atoms with Crippen LogP contribution in [0.1, 0.15) is 36.7 Å². The van der Waals surface area contributed by atoms with Gasteiger partial charge in [0.2, 0.25) is 0 Å². The van der Waals surface area contributed by atoms with Crippen LogP contribution in [0.25, 0.3) is 6.08 Å². The summed E-state index contributed by atoms with van der Waals surface area (Å²) in [7, 11) is 0. The fourth-order valence-corrected chi connectivity index (χ4v) is 2.43. The van der Waals surface area contributed by atoms with Crippen molar-refractivity contribution in [2.24, 2.45) is 0 Å². The van der Waals surface area contributed by atoms with Gasteiger partial charge in [0, 0.05) is 37.9 Å². The molecule has 1 saturated heterocycles. The molecular formula is C17H23N3O4. The zero-order valence-corrected chi connectivity index (χ0v) is 14.3. The standard InChI is InChI=1S/C17H23N3O4/c1-5-12-10-13(15(21)22)11-18-14(12)19-6-8-20(9-7-19)16(23)24-17(2,3)4/h5,10-11H,1,6-9H2,2-4H3,(H,21,22). The zero-order valence-electron chi connectivity index (χ0n) is 14.3. The van der Waals surface area contributed by atoms with Crippen molar-refractivity contribution in [3.63, 3.8) is 0 Å². The number of rotatable bonds is 3. The van der Waals surface area contributed by atoms with Crippen molar-refractivity contribution in [1.82, 2.24) is 9.88 Å². The number of carboxylic acid groups (broad SMARTS) is 1. The lowest BCUT2D eigenvalue weighted by Crippen LogP contribution is -2.50. The third-order valence-electron chi connectivity index (χ3n) is 3.59. The molecule has 7 heteroatoms. The first kappa shape index (κ1) is 17.8. The number of pyridine rings is 1. The summed E-state index contributed by atoms with van der Waals surface area (Å²) < 4.78 is 5.38. The van der Waals surface area contributed by atoms with Gasteiger partial charge in [0.25, 0.3) is 0 Å². The van der Waals surface area contributed by atoms with Gasteiger partial charge in [0.05, 0.1) is 5.56 Å². The summed E-state index contributed by atoms with van der Waals surface area (Å²) >= 11 is 0. The van der Waals surface area contributed by atoms with Crippen LogP contribution in [0, 0.1) is 0 Å². The molecule has 0 spiro atoms. The van der Waals surface area contributed by atoms with Gasteiger partial charge in [0.1, 0.15) is 11.4 Å². The third kappa shape index (κ3) is 4.24. The molecule has 1 fully saturated rings. The van der Waals surface area contributed by atoms with Gasteiger partial charge in [-0.25, -0.2) is 14.6 Å². The molecule has 130 valence electrons. The molecule has 0 unspecified atom stereocenters. The second-order valence-corrected chi connectivity index (χ2v) is 6.60. The van der Waals surface area contributed by atoms with E-state index in [0.717, 1.165) is 0 Å². The lowest BCUT2D eigenvalue weighted by Gasteiger charge is -2.36. The van der Waals surface area contributed by atoms with Crippen LogP contribution < -0.4 is 4.90 Å². The Balaban J connectivity index is 2.06. The van der Waals surface area contributed by atoms with E-state index in [1.54, 1.807) is 17.0 Å². The monoisotopic (exact) mass is 333 g/mol. The van der Waals surface area contributed by atoms with Crippen LogP contribution in [0.5, 0.6) is 0 Å². The summed E-state index contributed by atoms with van der Waals surface area (Å²) in [6, 6.07) is 1.55. The summed E-state index contributed by atoms with van der Waals surface area (Å²) in [5.41, 5.74) is 0.278. The maximum Gasteiger partial charge on any atom is 0.410 e. The molecule has 0 aliphatic carbocycles. The molecule has 1 aromatic rings. The molecule has 24 heavy (non-hydrogen) atoms. The number of piperazine rings is 1. The fraction of sp³-hybridized carbons (Fsp3) is 0.471. The molecule has 1 amide bonds. The first-order valence-electron chi connectivity index (χ1n) is 7.80. The van der Waals surface area contributed by atoms with Crippen molar-refractivity contribution in [3.05, 3.63) is 30.0 Å². The number of carbonyl (C=O) groups is 2. The molecule has 2 heterocycles. The highest BCUT2D eigenvalue weighted by Gasteiger charge is 2.27. The highest BCUT2D eigenvalue weighted by atomic mass is 16.6. The highest BCUT2D eigenvalue weighted by Crippen LogP contribution is 2.22. The molecule has 2 rings (SSSR count). The number of hydrogen-bond acceptors (Lipinski definition) is 5. The minimum Gasteiger partial charge on any atom is -0.478 e. The number of ether oxygens (including phenoxy) is 1. The van der Waals surface area contributed by atoms with Crippen LogP contribution in [0.3, 0.4) is 0 Å². The summed E-state index contributed by atoms with van der Waals surface area (Å²) in [6.07, 6.45) is 2.61. The van der Waals surface area contributed by atoms with E-state index in [0.29, 0.717) is 37.6 Å². The second-order valence-electron chi connectivity index (χ2n) is 6.60. The van der Waals surface area contributed by atoms with Gasteiger partial charge in [-0.1, -0.05) is 12.7 Å². The van der Waals surface area contributed by atoms with E-state index in [9.17, 15) is 9.59 Å². The van der Waals surface area contributed by atoms with E-state index in [-0.39, 0.29) is 11.7 Å². The lowest BCUT2D eigenvalue weighted by atomic mass is 10.1. The number of nitrogens with zero attached hydrogens (tertiary/aromatic N) is 3. The quantitative estimate of drug-likeness (QED) is 0.915. The van der Waals surface area contributed by atoms with Gasteiger partial charge < -0.3 is 19.6 Å². The fourth-order valence-electron chi connectivity index (χ4n) is 2.43. The molecule has 0 bridgehead atoms. The largest absolute Gasteiger partial charge is 0.478 e. The highest BCUT2D eigenvalue weighted by molar-refractivity contribution is 5.88. The molecular weight excluding hydrogens is 310 g/mol. The average Bonchev–Trinajstić information content (AvgIpc) is 2.52. The maximum atomic E-state index is 12.1. The summed E-state index contributed by atoms with van der Waals surface area (Å²) in [6.45, 7) is 11.5. The zero-order chi connectivity index (χ0) is 17.9. The second kappa shape index (κ2) is 6.90. The Morgan fingerprint density at radius 2 is 1.92 bits per heavy atom. The van der Waals surface area contributed by atoms with Crippen LogP contribution in [0.15, 0.2) is 18.8 Å². The van der Waals surface area contributed by atoms with Crippen LogP contribution in [-0.2, 0) is 4.74 Å². The van der Waals surface area contributed by atoms with Gasteiger partial charge in [-0.15, -0.1) is 0 Å². The Morgan fingerprint density at radius 3 is 2.42 bits per heavy atom. The van der Waals surface area contributed by atoms with Crippen LogP contribution in [0.2, 0.25) is 0 Å². The normalized spacial score (nSPS) is 15.1. The first-order valence-corrected chi connectivity index (χ1v) is 7.80. The van der Waals surface area contributed by atoms with Gasteiger partial charge in [-0.2, -0.15) is 0 Å². The number of hydrogen-bond donors (Lipinski definition) is 1. The smallest absolute Gasteiger partial charge is 0.410 e. The van der Waals surface area contributed by atoms with E-state index < -0.39 is 11.6 Å². The van der Waals surface area contributed by atoms with Gasteiger partial charge in [-0.05, 0) is 26.8 Å². The number of aromatic carboxylic acids is 1. The predicted octanol–water partition coefficient (Wildman–Crippen LogP) is 2.48. The Morgan fingerprint density at radius 1 is 1.29 bits per heavy atom. The van der Waals surface area contributed by atoms with Gasteiger partial charge in [0.15, 0.2) is 0 Å². The molecule has 0 saturated carbocycles. The van der Waals surface area contributed by atoms with E-state index >= 15 is 0 Å². The Bertz CT molecular complexity index is 644. The van der Waals surface area contributed by atoms with Crippen molar-refractivity contribution in [1.29, 1.82) is 0 Å². The lowest BCUT2D eigenvalue weighted by molar-refractivity contribution is 0.0240. The molecule has 0 atom stereocenters. The Hall–Kier alpha value is -2.57. The number of aromatic nitrogens is 1. The first-order chi connectivity index (χ1) is 11.2. The van der Waals surface area contributed by atoms with Crippen molar-refractivity contribution in [2.75, 3.05) is 31.1 Å². The van der Waals surface area contributed by atoms with E-state index in [1.807, 2.05) is 25.7 Å². The molecule has 1 N–H and O–H groups in total. The number of amides is 1. The van der Waals surface area contributed by atoms with Crippen LogP contribution in [-0.4, -0.2) is 58.8 Å². The topological polar surface area (TPSA) is 83.0 Å². The molecule has 0 radical (unpaired) electrons. The van der Waals surface area contributed by atoms with Crippen molar-refractivity contribution in [3.8, 4) is 0 Å². The number of carbonyl (C=O) groups excluding carboxylic acids is 1. The van der Waals surface area contributed by atoms with Crippen molar-refractivity contribution < 1.29 is 19.4 Å². The van der Waals surface area contributed by atoms with E-state index in [1.165, 1.54) is 6.20 Å². The molecule has 7 nitrogen and oxygen atoms in total. The average molecular weight is 333 g/mol. The Labute approximate surface area is 141 Å². The predicted molar refractivity (Wildman–Crippen MR) is 91.3 cm³/mol. The van der Waals surface area contributed by atoms with Crippen LogP contribution in [0.4, 0.5) is 10.6 Å². The number of anilines is 1. The molecule has 1 aromatic heterocycles. The van der Waals surface area contributed by atoms with E-state index in [2.05, 4.69) is 11.6 Å². The van der Waals surface area contributed by atoms with Crippen molar-refractivity contribution >= 4 is 24.0 Å². The van der Waals surface area contributed by atoms with E-state index in [4.69, 9.17) is 9.84 Å². The summed E-state index contributed by atoms with van der Waals surface area (Å²) in [5, 5.41) is 9.05. The van der Waals surface area contributed by atoms with Crippen molar-refractivity contribution in [2.45, 2.75) is 26.4 Å². The van der Waals surface area contributed by atoms with Crippen LogP contribution >= 0.6 is 0 Å². The third-order valence-corrected chi connectivity index (χ3v) is 3.59. The molecule has 0 aromatic carbocycles.